The first-order chi connectivity index (χ1) is 12.9. The van der Waals surface area contributed by atoms with E-state index < -0.39 is 5.97 Å². The second kappa shape index (κ2) is 10.2. The lowest BCUT2D eigenvalue weighted by atomic mass is 10.2. The Morgan fingerprint density at radius 3 is 2.63 bits per heavy atom. The lowest BCUT2D eigenvalue weighted by Crippen LogP contribution is -2.31. The van der Waals surface area contributed by atoms with Gasteiger partial charge in [-0.25, -0.2) is 4.79 Å². The number of ether oxygens (including phenoxy) is 2. The largest absolute Gasteiger partial charge is 0.496 e. The Bertz CT molecular complexity index is 810. The van der Waals surface area contributed by atoms with Gasteiger partial charge in [-0.2, -0.15) is 0 Å². The van der Waals surface area contributed by atoms with Crippen LogP contribution in [0.4, 0.5) is 0 Å². The monoisotopic (exact) mass is 407 g/mol. The molecule has 144 valence electrons. The Labute approximate surface area is 168 Å². The van der Waals surface area contributed by atoms with Crippen molar-refractivity contribution < 1.29 is 19.1 Å². The number of benzene rings is 2. The van der Waals surface area contributed by atoms with Gasteiger partial charge in [0.1, 0.15) is 12.4 Å². The van der Waals surface area contributed by atoms with Crippen LogP contribution in [-0.4, -0.2) is 30.8 Å². The highest BCUT2D eigenvalue weighted by Crippen LogP contribution is 2.26. The highest BCUT2D eigenvalue weighted by molar-refractivity contribution is 8.00. The number of hydrogen-bond acceptors (Lipinski definition) is 5. The molecule has 0 aliphatic carbocycles. The van der Waals surface area contributed by atoms with Crippen LogP contribution in [0, 0.1) is 0 Å². The summed E-state index contributed by atoms with van der Waals surface area (Å²) in [5.74, 6) is 0.274. The highest BCUT2D eigenvalue weighted by atomic mass is 35.5. The summed E-state index contributed by atoms with van der Waals surface area (Å²) in [6.07, 6.45) is 0. The van der Waals surface area contributed by atoms with Crippen LogP contribution in [0.25, 0.3) is 0 Å². The molecule has 2 aromatic carbocycles. The van der Waals surface area contributed by atoms with Gasteiger partial charge in [0.2, 0.25) is 5.91 Å². The molecule has 5 nitrogen and oxygen atoms in total. The number of rotatable bonds is 8. The SMILES string of the molecule is COc1ccc(Cl)cc1COC(=O)c1ccccc1SCC(=O)NC(C)C. The average Bonchev–Trinajstić information content (AvgIpc) is 2.64. The van der Waals surface area contributed by atoms with Gasteiger partial charge >= 0.3 is 5.97 Å². The molecule has 2 aromatic rings. The molecule has 0 fully saturated rings. The number of thioether (sulfide) groups is 1. The average molecular weight is 408 g/mol. The van der Waals surface area contributed by atoms with Gasteiger partial charge in [0.25, 0.3) is 0 Å². The van der Waals surface area contributed by atoms with Gasteiger partial charge in [0.15, 0.2) is 0 Å². The van der Waals surface area contributed by atoms with E-state index in [0.29, 0.717) is 26.8 Å². The molecule has 0 saturated carbocycles. The fourth-order valence-corrected chi connectivity index (χ4v) is 3.40. The first kappa shape index (κ1) is 21.1. The number of hydrogen-bond donors (Lipinski definition) is 1. The van der Waals surface area contributed by atoms with Crippen LogP contribution in [-0.2, 0) is 16.1 Å². The van der Waals surface area contributed by atoms with Crippen molar-refractivity contribution in [2.24, 2.45) is 0 Å². The molecule has 2 rings (SSSR count). The van der Waals surface area contributed by atoms with Gasteiger partial charge in [-0.1, -0.05) is 23.7 Å². The molecule has 0 aliphatic rings. The van der Waals surface area contributed by atoms with Gasteiger partial charge in [-0.05, 0) is 44.2 Å². The standard InChI is InChI=1S/C20H22ClNO4S/c1-13(2)22-19(23)12-27-18-7-5-4-6-16(18)20(24)26-11-14-10-15(21)8-9-17(14)25-3/h4-10,13H,11-12H2,1-3H3,(H,22,23). The topological polar surface area (TPSA) is 64.6 Å². The molecule has 7 heteroatoms. The molecular weight excluding hydrogens is 386 g/mol. The summed E-state index contributed by atoms with van der Waals surface area (Å²) in [7, 11) is 1.54. The summed E-state index contributed by atoms with van der Waals surface area (Å²) >= 11 is 7.30. The Morgan fingerprint density at radius 1 is 1.19 bits per heavy atom. The van der Waals surface area contributed by atoms with Crippen molar-refractivity contribution in [1.82, 2.24) is 5.32 Å². The van der Waals surface area contributed by atoms with E-state index in [1.165, 1.54) is 11.8 Å². The molecule has 0 radical (unpaired) electrons. The number of esters is 1. The van der Waals surface area contributed by atoms with Crippen molar-refractivity contribution in [3.05, 3.63) is 58.6 Å². The molecular formula is C20H22ClNO4S. The van der Waals surface area contributed by atoms with Crippen molar-refractivity contribution >= 4 is 35.2 Å². The quantitative estimate of drug-likeness (QED) is 0.521. The number of amides is 1. The van der Waals surface area contributed by atoms with E-state index in [-0.39, 0.29) is 24.3 Å². The first-order valence-electron chi connectivity index (χ1n) is 8.41. The predicted molar refractivity (Wildman–Crippen MR) is 108 cm³/mol. The van der Waals surface area contributed by atoms with Crippen molar-refractivity contribution in [1.29, 1.82) is 0 Å². The maximum Gasteiger partial charge on any atom is 0.339 e. The third-order valence-electron chi connectivity index (χ3n) is 3.52. The lowest BCUT2D eigenvalue weighted by Gasteiger charge is -2.12. The predicted octanol–water partition coefficient (Wildman–Crippen LogP) is 4.32. The molecule has 0 aliphatic heterocycles. The van der Waals surface area contributed by atoms with Gasteiger partial charge in [-0.15, -0.1) is 11.8 Å². The summed E-state index contributed by atoms with van der Waals surface area (Å²) in [6, 6.07) is 12.3. The van der Waals surface area contributed by atoms with Crippen molar-refractivity contribution in [2.75, 3.05) is 12.9 Å². The fourth-order valence-electron chi connectivity index (χ4n) is 2.35. The van der Waals surface area contributed by atoms with E-state index in [9.17, 15) is 9.59 Å². The van der Waals surface area contributed by atoms with Crippen LogP contribution in [0.3, 0.4) is 0 Å². The van der Waals surface area contributed by atoms with Crippen LogP contribution in [0.2, 0.25) is 5.02 Å². The fraction of sp³-hybridized carbons (Fsp3) is 0.300. The maximum atomic E-state index is 12.5. The smallest absolute Gasteiger partial charge is 0.339 e. The molecule has 0 atom stereocenters. The zero-order chi connectivity index (χ0) is 19.8. The van der Waals surface area contributed by atoms with E-state index >= 15 is 0 Å². The minimum absolute atomic E-state index is 0.0371. The Kier molecular flexibility index (Phi) is 8.00. The van der Waals surface area contributed by atoms with E-state index in [1.807, 2.05) is 19.9 Å². The van der Waals surface area contributed by atoms with E-state index in [1.54, 1.807) is 43.5 Å². The Balaban J connectivity index is 2.04. The molecule has 0 heterocycles. The summed E-state index contributed by atoms with van der Waals surface area (Å²) in [6.45, 7) is 3.84. The molecule has 0 spiro atoms. The summed E-state index contributed by atoms with van der Waals surface area (Å²) in [4.78, 5) is 25.1. The van der Waals surface area contributed by atoms with Crippen molar-refractivity contribution in [3.63, 3.8) is 0 Å². The van der Waals surface area contributed by atoms with Crippen LogP contribution >= 0.6 is 23.4 Å². The van der Waals surface area contributed by atoms with Crippen LogP contribution in [0.5, 0.6) is 5.75 Å². The number of methoxy groups -OCH3 is 1. The summed E-state index contributed by atoms with van der Waals surface area (Å²) in [5.41, 5.74) is 1.10. The second-order valence-electron chi connectivity index (χ2n) is 6.04. The molecule has 0 aromatic heterocycles. The molecule has 0 bridgehead atoms. The third kappa shape index (κ3) is 6.48. The van der Waals surface area contributed by atoms with Crippen LogP contribution in [0.1, 0.15) is 29.8 Å². The normalized spacial score (nSPS) is 10.6. The highest BCUT2D eigenvalue weighted by Gasteiger charge is 2.15. The number of carbonyl (C=O) groups excluding carboxylic acids is 2. The van der Waals surface area contributed by atoms with E-state index in [2.05, 4.69) is 5.32 Å². The molecule has 0 unspecified atom stereocenters. The minimum atomic E-state index is -0.468. The molecule has 1 amide bonds. The van der Waals surface area contributed by atoms with E-state index in [4.69, 9.17) is 21.1 Å². The molecule has 27 heavy (non-hydrogen) atoms. The zero-order valence-electron chi connectivity index (χ0n) is 15.5. The Hall–Kier alpha value is -2.18. The Morgan fingerprint density at radius 2 is 1.93 bits per heavy atom. The third-order valence-corrected chi connectivity index (χ3v) is 4.83. The van der Waals surface area contributed by atoms with Gasteiger partial charge in [-0.3, -0.25) is 4.79 Å². The molecule has 1 N–H and O–H groups in total. The minimum Gasteiger partial charge on any atom is -0.496 e. The lowest BCUT2D eigenvalue weighted by molar-refractivity contribution is -0.119. The second-order valence-corrected chi connectivity index (χ2v) is 7.49. The van der Waals surface area contributed by atoms with Gasteiger partial charge in [0, 0.05) is 21.5 Å². The maximum absolute atomic E-state index is 12.5. The van der Waals surface area contributed by atoms with Crippen LogP contribution < -0.4 is 10.1 Å². The van der Waals surface area contributed by atoms with Gasteiger partial charge in [0.05, 0.1) is 18.4 Å². The van der Waals surface area contributed by atoms with Crippen molar-refractivity contribution in [2.45, 2.75) is 31.4 Å². The zero-order valence-corrected chi connectivity index (χ0v) is 17.0. The first-order valence-corrected chi connectivity index (χ1v) is 9.77. The van der Waals surface area contributed by atoms with Crippen molar-refractivity contribution in [3.8, 4) is 5.75 Å². The number of halogens is 1. The molecule has 0 saturated heterocycles. The van der Waals surface area contributed by atoms with Crippen LogP contribution in [0.15, 0.2) is 47.4 Å². The number of carbonyl (C=O) groups is 2. The number of nitrogens with one attached hydrogen (secondary N) is 1. The van der Waals surface area contributed by atoms with E-state index in [0.717, 1.165) is 0 Å². The van der Waals surface area contributed by atoms with Gasteiger partial charge < -0.3 is 14.8 Å². The summed E-state index contributed by atoms with van der Waals surface area (Å²) in [5, 5.41) is 3.36. The summed E-state index contributed by atoms with van der Waals surface area (Å²) < 4.78 is 10.7.